The predicted octanol–water partition coefficient (Wildman–Crippen LogP) is 2.14. The number of urea groups is 1. The molecule has 1 aliphatic heterocycles. The molecular formula is C13H19N3O. The van der Waals surface area contributed by atoms with Gasteiger partial charge in [-0.15, -0.1) is 0 Å². The number of nitrogens with one attached hydrogen (secondary N) is 1. The summed E-state index contributed by atoms with van der Waals surface area (Å²) in [6.07, 6.45) is 2.98. The van der Waals surface area contributed by atoms with Crippen LogP contribution in [-0.4, -0.2) is 19.1 Å². The van der Waals surface area contributed by atoms with Crippen LogP contribution in [-0.2, 0) is 6.42 Å². The smallest absolute Gasteiger partial charge is 0.321 e. The van der Waals surface area contributed by atoms with E-state index in [0.29, 0.717) is 5.69 Å². The maximum absolute atomic E-state index is 12.0. The first-order valence-electron chi connectivity index (χ1n) is 6.16. The first-order chi connectivity index (χ1) is 8.24. The molecule has 0 saturated heterocycles. The second kappa shape index (κ2) is 5.08. The van der Waals surface area contributed by atoms with E-state index < -0.39 is 0 Å². The van der Waals surface area contributed by atoms with Crippen molar-refractivity contribution in [1.29, 1.82) is 0 Å². The molecule has 0 radical (unpaired) electrons. The highest BCUT2D eigenvalue weighted by atomic mass is 16.2. The van der Waals surface area contributed by atoms with Crippen molar-refractivity contribution >= 4 is 17.4 Å². The number of nitrogens with two attached hydrogens (primary N) is 1. The van der Waals surface area contributed by atoms with E-state index in [0.717, 1.165) is 43.6 Å². The minimum Gasteiger partial charge on any atom is -0.397 e. The van der Waals surface area contributed by atoms with Gasteiger partial charge in [-0.2, -0.15) is 0 Å². The van der Waals surface area contributed by atoms with Crippen molar-refractivity contribution in [2.75, 3.05) is 23.7 Å². The number of nitrogens with zero attached hydrogens (tertiary/aromatic N) is 1. The third kappa shape index (κ3) is 2.35. The average Bonchev–Trinajstić information content (AvgIpc) is 2.74. The molecular weight excluding hydrogens is 214 g/mol. The van der Waals surface area contributed by atoms with E-state index >= 15 is 0 Å². The molecule has 0 aliphatic carbocycles. The maximum atomic E-state index is 12.0. The van der Waals surface area contributed by atoms with Gasteiger partial charge in [-0.1, -0.05) is 25.5 Å². The average molecular weight is 233 g/mol. The number of hydrogen-bond donors (Lipinski definition) is 2. The maximum Gasteiger partial charge on any atom is 0.321 e. The van der Waals surface area contributed by atoms with Crippen molar-refractivity contribution in [2.45, 2.75) is 26.2 Å². The summed E-state index contributed by atoms with van der Waals surface area (Å²) in [7, 11) is 0. The van der Waals surface area contributed by atoms with Gasteiger partial charge >= 0.3 is 6.03 Å². The molecule has 1 aromatic rings. The van der Waals surface area contributed by atoms with Gasteiger partial charge in [0.15, 0.2) is 0 Å². The molecule has 0 unspecified atom stereocenters. The Morgan fingerprint density at radius 2 is 2.35 bits per heavy atom. The molecule has 0 bridgehead atoms. The van der Waals surface area contributed by atoms with Crippen molar-refractivity contribution < 1.29 is 4.79 Å². The van der Waals surface area contributed by atoms with Crippen LogP contribution < -0.4 is 16.0 Å². The molecule has 0 fully saturated rings. The van der Waals surface area contributed by atoms with E-state index in [1.165, 1.54) is 0 Å². The lowest BCUT2D eigenvalue weighted by atomic mass is 10.1. The summed E-state index contributed by atoms with van der Waals surface area (Å²) in [6, 6.07) is 5.78. The highest BCUT2D eigenvalue weighted by Crippen LogP contribution is 2.33. The lowest BCUT2D eigenvalue weighted by molar-refractivity contribution is 0.246. The lowest BCUT2D eigenvalue weighted by Gasteiger charge is -2.19. The number of hydrogen-bond acceptors (Lipinski definition) is 2. The Kier molecular flexibility index (Phi) is 3.52. The van der Waals surface area contributed by atoms with E-state index in [4.69, 9.17) is 5.73 Å². The second-order valence-electron chi connectivity index (χ2n) is 4.34. The third-order valence-corrected chi connectivity index (χ3v) is 3.08. The number of amides is 2. The summed E-state index contributed by atoms with van der Waals surface area (Å²) < 4.78 is 0. The Hall–Kier alpha value is -1.71. The van der Waals surface area contributed by atoms with Gasteiger partial charge in [-0.05, 0) is 24.5 Å². The quantitative estimate of drug-likeness (QED) is 0.620. The minimum absolute atomic E-state index is 0.0323. The standard InChI is InChI=1S/C13H19N3O/c1-2-3-8-15-13(17)16-9-7-10-5-4-6-11(14)12(10)16/h4-6H,2-3,7-9,14H2,1H3,(H,15,17). The Morgan fingerprint density at radius 3 is 3.12 bits per heavy atom. The molecule has 4 heteroatoms. The highest BCUT2D eigenvalue weighted by Gasteiger charge is 2.25. The molecule has 4 nitrogen and oxygen atoms in total. The number of nitrogen functional groups attached to an aromatic ring is 1. The number of carbonyl (C=O) groups is 1. The monoisotopic (exact) mass is 233 g/mol. The zero-order chi connectivity index (χ0) is 12.3. The molecule has 0 atom stereocenters. The number of rotatable bonds is 3. The van der Waals surface area contributed by atoms with Crippen LogP contribution in [0.1, 0.15) is 25.3 Å². The topological polar surface area (TPSA) is 58.4 Å². The van der Waals surface area contributed by atoms with Crippen LogP contribution in [0.15, 0.2) is 18.2 Å². The second-order valence-corrected chi connectivity index (χ2v) is 4.34. The van der Waals surface area contributed by atoms with Crippen molar-refractivity contribution in [1.82, 2.24) is 5.32 Å². The molecule has 3 N–H and O–H groups in total. The van der Waals surface area contributed by atoms with Crippen LogP contribution in [0.2, 0.25) is 0 Å². The largest absolute Gasteiger partial charge is 0.397 e. The van der Waals surface area contributed by atoms with Crippen molar-refractivity contribution in [3.8, 4) is 0 Å². The van der Waals surface area contributed by atoms with E-state index in [-0.39, 0.29) is 6.03 Å². The molecule has 2 amide bonds. The van der Waals surface area contributed by atoms with Gasteiger partial charge in [0.05, 0.1) is 11.4 Å². The third-order valence-electron chi connectivity index (χ3n) is 3.08. The van der Waals surface area contributed by atoms with Crippen LogP contribution in [0.5, 0.6) is 0 Å². The normalized spacial score (nSPS) is 13.6. The van der Waals surface area contributed by atoms with Gasteiger partial charge in [-0.25, -0.2) is 4.79 Å². The fourth-order valence-corrected chi connectivity index (χ4v) is 2.16. The molecule has 92 valence electrons. The predicted molar refractivity (Wildman–Crippen MR) is 70.2 cm³/mol. The zero-order valence-corrected chi connectivity index (χ0v) is 10.2. The minimum atomic E-state index is -0.0323. The van der Waals surface area contributed by atoms with E-state index in [9.17, 15) is 4.79 Å². The van der Waals surface area contributed by atoms with Gasteiger partial charge in [0.25, 0.3) is 0 Å². The van der Waals surface area contributed by atoms with Crippen LogP contribution >= 0.6 is 0 Å². The molecule has 1 aromatic carbocycles. The summed E-state index contributed by atoms with van der Waals surface area (Å²) in [5, 5.41) is 2.93. The first kappa shape index (κ1) is 11.8. The molecule has 1 aliphatic rings. The van der Waals surface area contributed by atoms with Crippen LogP contribution in [0, 0.1) is 0 Å². The number of fused-ring (bicyclic) bond motifs is 1. The summed E-state index contributed by atoms with van der Waals surface area (Å²) in [5.41, 5.74) is 8.67. The Bertz CT molecular complexity index is 417. The Balaban J connectivity index is 2.08. The molecule has 17 heavy (non-hydrogen) atoms. The molecule has 0 saturated carbocycles. The number of para-hydroxylation sites is 1. The van der Waals surface area contributed by atoms with E-state index in [1.807, 2.05) is 18.2 Å². The van der Waals surface area contributed by atoms with Gasteiger partial charge in [0.2, 0.25) is 0 Å². The van der Waals surface area contributed by atoms with Crippen molar-refractivity contribution in [3.05, 3.63) is 23.8 Å². The summed E-state index contributed by atoms with van der Waals surface area (Å²) in [4.78, 5) is 13.7. The lowest BCUT2D eigenvalue weighted by Crippen LogP contribution is -2.39. The first-order valence-corrected chi connectivity index (χ1v) is 6.16. The van der Waals surface area contributed by atoms with Crippen LogP contribution in [0.25, 0.3) is 0 Å². The number of anilines is 2. The molecule has 2 rings (SSSR count). The Labute approximate surface area is 102 Å². The van der Waals surface area contributed by atoms with E-state index in [1.54, 1.807) is 4.90 Å². The molecule has 0 aromatic heterocycles. The van der Waals surface area contributed by atoms with E-state index in [2.05, 4.69) is 12.2 Å². The van der Waals surface area contributed by atoms with Gasteiger partial charge in [0, 0.05) is 13.1 Å². The van der Waals surface area contributed by atoms with Gasteiger partial charge in [0.1, 0.15) is 0 Å². The van der Waals surface area contributed by atoms with Crippen LogP contribution in [0.3, 0.4) is 0 Å². The summed E-state index contributed by atoms with van der Waals surface area (Å²) in [6.45, 7) is 3.56. The Morgan fingerprint density at radius 1 is 1.53 bits per heavy atom. The van der Waals surface area contributed by atoms with Gasteiger partial charge in [-0.3, -0.25) is 4.90 Å². The number of benzene rings is 1. The molecule has 0 spiro atoms. The molecule has 1 heterocycles. The number of unbranched alkanes of at least 4 members (excludes halogenated alkanes) is 1. The van der Waals surface area contributed by atoms with Crippen LogP contribution in [0.4, 0.5) is 16.2 Å². The fourth-order valence-electron chi connectivity index (χ4n) is 2.16. The zero-order valence-electron chi connectivity index (χ0n) is 10.2. The number of carbonyl (C=O) groups excluding carboxylic acids is 1. The van der Waals surface area contributed by atoms with Crippen molar-refractivity contribution in [2.24, 2.45) is 0 Å². The van der Waals surface area contributed by atoms with Crippen molar-refractivity contribution in [3.63, 3.8) is 0 Å². The summed E-state index contributed by atoms with van der Waals surface area (Å²) in [5.74, 6) is 0. The summed E-state index contributed by atoms with van der Waals surface area (Å²) >= 11 is 0. The van der Waals surface area contributed by atoms with Gasteiger partial charge < -0.3 is 11.1 Å². The fraction of sp³-hybridized carbons (Fsp3) is 0.462. The SMILES string of the molecule is CCCCNC(=O)N1CCc2cccc(N)c21. The highest BCUT2D eigenvalue weighted by molar-refractivity contribution is 5.97.